The van der Waals surface area contributed by atoms with Crippen molar-refractivity contribution in [3.63, 3.8) is 0 Å². The lowest BCUT2D eigenvalue weighted by Crippen LogP contribution is -2.38. The Labute approximate surface area is 257 Å². The standard InChI is InChI=1S/C29H19Br2ClN4O4S/c30-20-16-22-26(23(31)17-20)34-27(36(29(22)38)35-41(39,40)21-12-5-2-6-13-21)25(15-19-11-7-8-14-24(19)32)33-28(37)18-9-3-1-4-10-18/h1-17,35H,(H,33,37)/b25-15-. The molecule has 0 aliphatic heterocycles. The summed E-state index contributed by atoms with van der Waals surface area (Å²) < 4.78 is 28.7. The molecule has 5 aromatic rings. The average Bonchev–Trinajstić information content (AvgIpc) is 2.96. The van der Waals surface area contributed by atoms with E-state index in [4.69, 9.17) is 11.6 Å². The summed E-state index contributed by atoms with van der Waals surface area (Å²) in [6.07, 6.45) is 1.52. The van der Waals surface area contributed by atoms with Crippen LogP contribution in [-0.4, -0.2) is 24.0 Å². The Balaban J connectivity index is 1.79. The number of carbonyl (C=O) groups is 1. The molecule has 0 radical (unpaired) electrons. The smallest absolute Gasteiger partial charge is 0.281 e. The van der Waals surface area contributed by atoms with Gasteiger partial charge in [-0.1, -0.05) is 82.1 Å². The van der Waals surface area contributed by atoms with Crippen molar-refractivity contribution in [2.45, 2.75) is 4.90 Å². The molecule has 0 saturated heterocycles. The van der Waals surface area contributed by atoms with Crippen LogP contribution in [0.15, 0.2) is 116 Å². The first-order valence-corrected chi connectivity index (χ1v) is 15.4. The minimum Gasteiger partial charge on any atom is -0.319 e. The number of aromatic nitrogens is 2. The number of carbonyl (C=O) groups excluding carboxylic acids is 1. The lowest BCUT2D eigenvalue weighted by atomic mass is 10.1. The fraction of sp³-hybridized carbons (Fsp3) is 0. The summed E-state index contributed by atoms with van der Waals surface area (Å²) >= 11 is 13.3. The van der Waals surface area contributed by atoms with Crippen molar-refractivity contribution in [2.75, 3.05) is 4.83 Å². The Bertz CT molecular complexity index is 1980. The predicted octanol–water partition coefficient (Wildman–Crippen LogP) is 6.44. The molecule has 0 atom stereocenters. The number of rotatable bonds is 7. The van der Waals surface area contributed by atoms with Gasteiger partial charge >= 0.3 is 0 Å². The Morgan fingerprint density at radius 2 is 1.54 bits per heavy atom. The highest BCUT2D eigenvalue weighted by molar-refractivity contribution is 9.11. The number of fused-ring (bicyclic) bond motifs is 1. The van der Waals surface area contributed by atoms with E-state index >= 15 is 0 Å². The number of benzene rings is 4. The highest BCUT2D eigenvalue weighted by Gasteiger charge is 2.23. The first-order valence-electron chi connectivity index (χ1n) is 12.0. The van der Waals surface area contributed by atoms with Crippen LogP contribution in [0.2, 0.25) is 5.02 Å². The number of nitrogens with zero attached hydrogens (tertiary/aromatic N) is 2. The summed E-state index contributed by atoms with van der Waals surface area (Å²) in [5.74, 6) is -0.681. The Morgan fingerprint density at radius 1 is 0.902 bits per heavy atom. The minimum absolute atomic E-state index is 0.0246. The molecule has 0 aliphatic rings. The SMILES string of the molecule is O=C(N/C(=C\c1ccccc1Cl)c1nc2c(Br)cc(Br)cc2c(=O)n1NS(=O)(=O)c1ccccc1)c1ccccc1. The minimum atomic E-state index is -4.26. The molecule has 8 nitrogen and oxygen atoms in total. The summed E-state index contributed by atoms with van der Waals surface area (Å²) in [5, 5.41) is 3.28. The number of sulfonamides is 1. The van der Waals surface area contributed by atoms with E-state index < -0.39 is 21.5 Å². The van der Waals surface area contributed by atoms with Crippen LogP contribution in [0.1, 0.15) is 21.7 Å². The first-order chi connectivity index (χ1) is 19.6. The second-order valence-corrected chi connectivity index (χ2v) is 12.5. The molecule has 41 heavy (non-hydrogen) atoms. The van der Waals surface area contributed by atoms with Gasteiger partial charge in [-0.3, -0.25) is 9.59 Å². The van der Waals surface area contributed by atoms with Crippen LogP contribution in [0, 0.1) is 0 Å². The first kappa shape index (κ1) is 28.7. The van der Waals surface area contributed by atoms with Gasteiger partial charge in [-0.05, 0) is 70.0 Å². The number of hydrogen-bond acceptors (Lipinski definition) is 5. The lowest BCUT2D eigenvalue weighted by Gasteiger charge is -2.19. The van der Waals surface area contributed by atoms with Crippen molar-refractivity contribution in [3.8, 4) is 0 Å². The summed E-state index contributed by atoms with van der Waals surface area (Å²) in [7, 11) is -4.26. The highest BCUT2D eigenvalue weighted by Crippen LogP contribution is 2.28. The third kappa shape index (κ3) is 6.28. The Morgan fingerprint density at radius 3 is 2.22 bits per heavy atom. The third-order valence-corrected chi connectivity index (χ3v) is 8.61. The average molecular weight is 715 g/mol. The Hall–Kier alpha value is -3.77. The molecule has 0 aliphatic carbocycles. The maximum Gasteiger partial charge on any atom is 0.281 e. The van der Waals surface area contributed by atoms with Crippen molar-refractivity contribution < 1.29 is 13.2 Å². The van der Waals surface area contributed by atoms with Gasteiger partial charge in [-0.25, -0.2) is 9.82 Å². The molecule has 0 unspecified atom stereocenters. The summed E-state index contributed by atoms with van der Waals surface area (Å²) in [4.78, 5) is 34.2. The summed E-state index contributed by atoms with van der Waals surface area (Å²) in [6, 6.07) is 26.1. The van der Waals surface area contributed by atoms with Crippen LogP contribution in [0.25, 0.3) is 22.7 Å². The molecule has 1 amide bonds. The van der Waals surface area contributed by atoms with E-state index in [0.717, 1.165) is 4.68 Å². The molecule has 0 saturated carbocycles. The number of halogens is 3. The zero-order valence-electron chi connectivity index (χ0n) is 20.9. The van der Waals surface area contributed by atoms with Gasteiger partial charge in [-0.15, -0.1) is 0 Å². The quantitative estimate of drug-likeness (QED) is 0.202. The molecule has 206 valence electrons. The number of amides is 1. The van der Waals surface area contributed by atoms with Gasteiger partial charge in [0.1, 0.15) is 0 Å². The fourth-order valence-corrected chi connectivity index (χ4v) is 6.48. The van der Waals surface area contributed by atoms with Crippen molar-refractivity contribution in [2.24, 2.45) is 0 Å². The molecular weight excluding hydrogens is 696 g/mol. The largest absolute Gasteiger partial charge is 0.319 e. The molecule has 2 N–H and O–H groups in total. The van der Waals surface area contributed by atoms with E-state index in [1.54, 1.807) is 78.9 Å². The highest BCUT2D eigenvalue weighted by atomic mass is 79.9. The lowest BCUT2D eigenvalue weighted by molar-refractivity contribution is 0.0973. The van der Waals surface area contributed by atoms with Gasteiger partial charge in [-0.2, -0.15) is 13.1 Å². The zero-order chi connectivity index (χ0) is 29.1. The van der Waals surface area contributed by atoms with E-state index in [9.17, 15) is 18.0 Å². The molecule has 1 heterocycles. The van der Waals surface area contributed by atoms with Crippen LogP contribution in [0.5, 0.6) is 0 Å². The maximum absolute atomic E-state index is 13.9. The summed E-state index contributed by atoms with van der Waals surface area (Å²) in [5.41, 5.74) is 0.394. The van der Waals surface area contributed by atoms with E-state index in [2.05, 4.69) is 47.0 Å². The molecule has 0 fully saturated rings. The maximum atomic E-state index is 13.9. The van der Waals surface area contributed by atoms with E-state index in [1.165, 1.54) is 24.3 Å². The second-order valence-electron chi connectivity index (χ2n) is 8.67. The predicted molar refractivity (Wildman–Crippen MR) is 168 cm³/mol. The van der Waals surface area contributed by atoms with Crippen molar-refractivity contribution >= 4 is 82.1 Å². The molecule has 0 spiro atoms. The topological polar surface area (TPSA) is 110 Å². The van der Waals surface area contributed by atoms with Crippen LogP contribution >= 0.6 is 43.5 Å². The second kappa shape index (κ2) is 12.0. The third-order valence-electron chi connectivity index (χ3n) is 5.89. The molecule has 4 aromatic carbocycles. The Kier molecular flexibility index (Phi) is 8.41. The van der Waals surface area contributed by atoms with Crippen molar-refractivity contribution in [1.29, 1.82) is 0 Å². The van der Waals surface area contributed by atoms with E-state index in [0.29, 0.717) is 25.1 Å². The molecule has 5 rings (SSSR count). The van der Waals surface area contributed by atoms with Crippen LogP contribution in [-0.2, 0) is 10.0 Å². The number of nitrogens with one attached hydrogen (secondary N) is 2. The molecular formula is C29H19Br2ClN4O4S. The monoisotopic (exact) mass is 712 g/mol. The van der Waals surface area contributed by atoms with Crippen molar-refractivity contribution in [1.82, 2.24) is 15.0 Å². The number of hydrogen-bond donors (Lipinski definition) is 2. The van der Waals surface area contributed by atoms with Crippen LogP contribution in [0.4, 0.5) is 0 Å². The van der Waals surface area contributed by atoms with Crippen molar-refractivity contribution in [3.05, 3.63) is 138 Å². The van der Waals surface area contributed by atoms with Gasteiger partial charge in [0.15, 0.2) is 5.82 Å². The summed E-state index contributed by atoms with van der Waals surface area (Å²) in [6.45, 7) is 0. The van der Waals surface area contributed by atoms with Gasteiger partial charge in [0.05, 0.1) is 21.5 Å². The van der Waals surface area contributed by atoms with Gasteiger partial charge in [0.25, 0.3) is 21.5 Å². The van der Waals surface area contributed by atoms with Gasteiger partial charge in [0.2, 0.25) is 0 Å². The van der Waals surface area contributed by atoms with Gasteiger partial charge < -0.3 is 5.32 Å². The fourth-order valence-electron chi connectivity index (χ4n) is 3.94. The van der Waals surface area contributed by atoms with Crippen LogP contribution in [0.3, 0.4) is 0 Å². The van der Waals surface area contributed by atoms with E-state index in [1.807, 2.05) is 0 Å². The zero-order valence-corrected chi connectivity index (χ0v) is 25.6. The molecule has 0 bridgehead atoms. The van der Waals surface area contributed by atoms with Gasteiger partial charge in [0, 0.05) is 19.5 Å². The normalized spacial score (nSPS) is 11.8. The van der Waals surface area contributed by atoms with Crippen LogP contribution < -0.4 is 15.7 Å². The molecule has 1 aromatic heterocycles. The molecule has 12 heteroatoms. The van der Waals surface area contributed by atoms with E-state index in [-0.39, 0.29) is 27.3 Å².